The third-order valence-corrected chi connectivity index (χ3v) is 6.68. The Labute approximate surface area is 194 Å². The highest BCUT2D eigenvalue weighted by molar-refractivity contribution is 5.93. The number of hydrogen-bond acceptors (Lipinski definition) is 5. The van der Waals surface area contributed by atoms with Gasteiger partial charge in [0.25, 0.3) is 0 Å². The van der Waals surface area contributed by atoms with Gasteiger partial charge in [0.1, 0.15) is 17.6 Å². The number of nitriles is 1. The maximum Gasteiger partial charge on any atom is 0.239 e. The molecule has 0 aliphatic carbocycles. The summed E-state index contributed by atoms with van der Waals surface area (Å²) in [5, 5.41) is 23.4. The summed E-state index contributed by atoms with van der Waals surface area (Å²) in [6.45, 7) is 6.03. The van der Waals surface area contributed by atoms with Crippen molar-refractivity contribution in [3.8, 4) is 6.07 Å². The molecule has 1 aliphatic rings. The molecule has 1 fully saturated rings. The number of likely N-dealkylation sites (tertiary alicyclic amines) is 1. The molecule has 3 heterocycles. The molecule has 1 aromatic carbocycles. The molecular formula is C26H30N4O3. The monoisotopic (exact) mass is 446 g/mol. The van der Waals surface area contributed by atoms with Gasteiger partial charge in [0.15, 0.2) is 0 Å². The lowest BCUT2D eigenvalue weighted by atomic mass is 9.87. The quantitative estimate of drug-likeness (QED) is 0.572. The zero-order valence-corrected chi connectivity index (χ0v) is 19.1. The lowest BCUT2D eigenvalue weighted by Gasteiger charge is -2.34. The fourth-order valence-corrected chi connectivity index (χ4v) is 4.61. The predicted octanol–water partition coefficient (Wildman–Crippen LogP) is 4.00. The van der Waals surface area contributed by atoms with Crippen molar-refractivity contribution in [2.24, 2.45) is 5.92 Å². The normalized spacial score (nSPS) is 15.8. The first kappa shape index (κ1) is 22.8. The van der Waals surface area contributed by atoms with Crippen LogP contribution in [0.1, 0.15) is 47.1 Å². The molecule has 1 aliphatic heterocycles. The summed E-state index contributed by atoms with van der Waals surface area (Å²) in [5.74, 6) is 1.31. The van der Waals surface area contributed by atoms with Gasteiger partial charge >= 0.3 is 0 Å². The number of amides is 1. The van der Waals surface area contributed by atoms with Crippen LogP contribution < -0.4 is 5.32 Å². The standard InChI is InChI=1S/C26H30N4O3/c1-18-19(2)30(16-22-9-6-14-33-22)26(23(18)15-27)28-24(31)17-29-12-10-21(11-13-29)25(32)20-7-4-3-5-8-20/h3-9,14,21,25,32H,10-13,16-17H2,1-2H3,(H,28,31). The Bertz CT molecular complexity index is 1120. The second kappa shape index (κ2) is 10.1. The summed E-state index contributed by atoms with van der Waals surface area (Å²) in [6, 6.07) is 15.7. The summed E-state index contributed by atoms with van der Waals surface area (Å²) in [7, 11) is 0. The number of nitrogens with one attached hydrogen (secondary N) is 1. The molecule has 0 saturated carbocycles. The first-order valence-corrected chi connectivity index (χ1v) is 11.3. The van der Waals surface area contributed by atoms with Gasteiger partial charge in [-0.05, 0) is 69.0 Å². The first-order chi connectivity index (χ1) is 16.0. The van der Waals surface area contributed by atoms with Crippen LogP contribution in [-0.4, -0.2) is 40.1 Å². The Hall–Kier alpha value is -3.34. The van der Waals surface area contributed by atoms with Crippen LogP contribution in [0.4, 0.5) is 5.82 Å². The van der Waals surface area contributed by atoms with Crippen LogP contribution in [0.5, 0.6) is 0 Å². The minimum Gasteiger partial charge on any atom is -0.467 e. The fraction of sp³-hybridized carbons (Fsp3) is 0.385. The summed E-state index contributed by atoms with van der Waals surface area (Å²) in [4.78, 5) is 15.0. The van der Waals surface area contributed by atoms with Crippen molar-refractivity contribution in [2.75, 3.05) is 25.0 Å². The summed E-state index contributed by atoms with van der Waals surface area (Å²) < 4.78 is 7.40. The van der Waals surface area contributed by atoms with E-state index in [4.69, 9.17) is 4.42 Å². The molecule has 4 rings (SSSR count). The van der Waals surface area contributed by atoms with E-state index in [9.17, 15) is 15.2 Å². The van der Waals surface area contributed by atoms with Crippen molar-refractivity contribution in [1.82, 2.24) is 9.47 Å². The van der Waals surface area contributed by atoms with Gasteiger partial charge in [0, 0.05) is 5.69 Å². The van der Waals surface area contributed by atoms with E-state index >= 15 is 0 Å². The van der Waals surface area contributed by atoms with Gasteiger partial charge in [0.05, 0.1) is 31.0 Å². The molecule has 0 spiro atoms. The molecule has 2 N–H and O–H groups in total. The maximum atomic E-state index is 12.9. The van der Waals surface area contributed by atoms with E-state index in [1.54, 1.807) is 6.26 Å². The van der Waals surface area contributed by atoms with Gasteiger partial charge in [-0.3, -0.25) is 9.69 Å². The Morgan fingerprint density at radius 1 is 1.21 bits per heavy atom. The zero-order valence-electron chi connectivity index (χ0n) is 19.1. The van der Waals surface area contributed by atoms with Gasteiger partial charge < -0.3 is 19.4 Å². The van der Waals surface area contributed by atoms with E-state index in [1.807, 2.05) is 60.9 Å². The molecule has 7 nitrogen and oxygen atoms in total. The van der Waals surface area contributed by atoms with Crippen LogP contribution >= 0.6 is 0 Å². The van der Waals surface area contributed by atoms with Crippen LogP contribution in [0, 0.1) is 31.1 Å². The molecule has 0 radical (unpaired) electrons. The van der Waals surface area contributed by atoms with Crippen LogP contribution in [0.25, 0.3) is 0 Å². The minimum atomic E-state index is -0.476. The topological polar surface area (TPSA) is 94.4 Å². The Morgan fingerprint density at radius 3 is 2.58 bits per heavy atom. The molecule has 1 atom stereocenters. The van der Waals surface area contributed by atoms with E-state index in [-0.39, 0.29) is 18.4 Å². The second-order valence-corrected chi connectivity index (χ2v) is 8.73. The van der Waals surface area contributed by atoms with Gasteiger partial charge in [-0.2, -0.15) is 5.26 Å². The van der Waals surface area contributed by atoms with Gasteiger partial charge in [-0.1, -0.05) is 30.3 Å². The molecular weight excluding hydrogens is 416 g/mol. The Morgan fingerprint density at radius 2 is 1.94 bits per heavy atom. The van der Waals surface area contributed by atoms with E-state index in [0.717, 1.165) is 48.5 Å². The molecule has 1 saturated heterocycles. The van der Waals surface area contributed by atoms with Gasteiger partial charge in [-0.25, -0.2) is 0 Å². The molecule has 3 aromatic rings. The third kappa shape index (κ3) is 5.03. The molecule has 2 aromatic heterocycles. The number of piperidine rings is 1. The van der Waals surface area contributed by atoms with Crippen molar-refractivity contribution < 1.29 is 14.3 Å². The number of nitrogens with zero attached hydrogens (tertiary/aromatic N) is 3. The van der Waals surface area contributed by atoms with E-state index in [2.05, 4.69) is 16.3 Å². The van der Waals surface area contributed by atoms with Crippen LogP contribution in [0.15, 0.2) is 53.1 Å². The van der Waals surface area contributed by atoms with Crippen LogP contribution in [-0.2, 0) is 11.3 Å². The maximum absolute atomic E-state index is 12.9. The van der Waals surface area contributed by atoms with Gasteiger partial charge in [-0.15, -0.1) is 0 Å². The first-order valence-electron chi connectivity index (χ1n) is 11.3. The predicted molar refractivity (Wildman–Crippen MR) is 126 cm³/mol. The number of carbonyl (C=O) groups excluding carboxylic acids is 1. The number of anilines is 1. The van der Waals surface area contributed by atoms with Crippen LogP contribution in [0.2, 0.25) is 0 Å². The summed E-state index contributed by atoms with van der Waals surface area (Å²) in [6.07, 6.45) is 2.80. The largest absolute Gasteiger partial charge is 0.467 e. The summed E-state index contributed by atoms with van der Waals surface area (Å²) in [5.41, 5.74) is 3.21. The highest BCUT2D eigenvalue weighted by atomic mass is 16.3. The number of furan rings is 1. The van der Waals surface area contributed by atoms with Crippen molar-refractivity contribution >= 4 is 11.7 Å². The summed E-state index contributed by atoms with van der Waals surface area (Å²) >= 11 is 0. The fourth-order valence-electron chi connectivity index (χ4n) is 4.61. The number of aliphatic hydroxyl groups is 1. The number of benzene rings is 1. The highest BCUT2D eigenvalue weighted by Gasteiger charge is 2.27. The third-order valence-electron chi connectivity index (χ3n) is 6.68. The second-order valence-electron chi connectivity index (χ2n) is 8.73. The highest BCUT2D eigenvalue weighted by Crippen LogP contribution is 2.31. The zero-order chi connectivity index (χ0) is 23.4. The Kier molecular flexibility index (Phi) is 6.97. The Balaban J connectivity index is 1.39. The average Bonchev–Trinajstić information content (AvgIpc) is 3.42. The number of hydrogen-bond donors (Lipinski definition) is 2. The van der Waals surface area contributed by atoms with E-state index in [0.29, 0.717) is 17.9 Å². The number of aromatic nitrogens is 1. The molecule has 33 heavy (non-hydrogen) atoms. The smallest absolute Gasteiger partial charge is 0.239 e. The van der Waals surface area contributed by atoms with Crippen LogP contribution in [0.3, 0.4) is 0 Å². The molecule has 7 heteroatoms. The molecule has 0 bridgehead atoms. The van der Waals surface area contributed by atoms with Crippen molar-refractivity contribution in [3.63, 3.8) is 0 Å². The SMILES string of the molecule is Cc1c(C#N)c(NC(=O)CN2CCC(C(O)c3ccccc3)CC2)n(Cc2ccco2)c1C. The molecule has 172 valence electrons. The lowest BCUT2D eigenvalue weighted by molar-refractivity contribution is -0.117. The minimum absolute atomic E-state index is 0.147. The molecule has 1 amide bonds. The molecule has 1 unspecified atom stereocenters. The van der Waals surface area contributed by atoms with Crippen molar-refractivity contribution in [3.05, 3.63) is 76.9 Å². The number of aliphatic hydroxyl groups excluding tert-OH is 1. The van der Waals surface area contributed by atoms with Crippen molar-refractivity contribution in [2.45, 2.75) is 39.3 Å². The lowest BCUT2D eigenvalue weighted by Crippen LogP contribution is -2.40. The number of rotatable bonds is 7. The van der Waals surface area contributed by atoms with E-state index < -0.39 is 6.10 Å². The van der Waals surface area contributed by atoms with Crippen molar-refractivity contribution in [1.29, 1.82) is 5.26 Å². The van der Waals surface area contributed by atoms with E-state index in [1.165, 1.54) is 0 Å². The average molecular weight is 447 g/mol. The van der Waals surface area contributed by atoms with Gasteiger partial charge in [0.2, 0.25) is 5.91 Å². The number of carbonyl (C=O) groups is 1.